The molecule has 2 heteroatoms. The van der Waals surface area contributed by atoms with Gasteiger partial charge in [-0.2, -0.15) is 0 Å². The highest BCUT2D eigenvalue weighted by Crippen LogP contribution is 2.35. The zero-order valence-electron chi connectivity index (χ0n) is 12.9. The summed E-state index contributed by atoms with van der Waals surface area (Å²) < 4.78 is 0. The number of hydrogen-bond donors (Lipinski definition) is 1. The van der Waals surface area contributed by atoms with Crippen molar-refractivity contribution >= 4 is 0 Å². The maximum Gasteiger partial charge on any atom is 0.0244 e. The fourth-order valence-electron chi connectivity index (χ4n) is 4.23. The molecule has 0 aromatic rings. The summed E-state index contributed by atoms with van der Waals surface area (Å²) in [6, 6.07) is 1.58. The third-order valence-electron chi connectivity index (χ3n) is 5.75. The zero-order valence-corrected chi connectivity index (χ0v) is 12.9. The van der Waals surface area contributed by atoms with Gasteiger partial charge in [0.25, 0.3) is 0 Å². The summed E-state index contributed by atoms with van der Waals surface area (Å²) in [5.74, 6) is 2.83. The van der Waals surface area contributed by atoms with Crippen LogP contribution in [-0.4, -0.2) is 36.6 Å². The second kappa shape index (κ2) is 6.13. The van der Waals surface area contributed by atoms with Gasteiger partial charge in [0.1, 0.15) is 0 Å². The molecule has 0 spiro atoms. The Morgan fingerprint density at radius 2 is 1.84 bits per heavy atom. The lowest BCUT2D eigenvalue weighted by atomic mass is 9.95. The van der Waals surface area contributed by atoms with Crippen LogP contribution in [0.15, 0.2) is 0 Å². The van der Waals surface area contributed by atoms with Crippen LogP contribution >= 0.6 is 0 Å². The Kier molecular flexibility index (Phi) is 4.48. The van der Waals surface area contributed by atoms with Crippen LogP contribution in [0.2, 0.25) is 0 Å². The molecule has 3 aliphatic rings. The zero-order chi connectivity index (χ0) is 13.2. The molecule has 0 aromatic heterocycles. The molecule has 2 aliphatic carbocycles. The summed E-state index contributed by atoms with van der Waals surface area (Å²) in [5.41, 5.74) is 0. The summed E-state index contributed by atoms with van der Waals surface area (Å²) in [7, 11) is 0. The van der Waals surface area contributed by atoms with Gasteiger partial charge in [-0.25, -0.2) is 0 Å². The molecule has 19 heavy (non-hydrogen) atoms. The summed E-state index contributed by atoms with van der Waals surface area (Å²) in [5, 5.41) is 3.83. The maximum atomic E-state index is 3.83. The van der Waals surface area contributed by atoms with Crippen molar-refractivity contribution in [1.29, 1.82) is 0 Å². The van der Waals surface area contributed by atoms with Gasteiger partial charge in [0.2, 0.25) is 0 Å². The average Bonchev–Trinajstić information content (AvgIpc) is 3.13. The SMILES string of the molecule is CC(C)C1CNC(C2CC2)CN1CCC1CCCC1. The molecule has 2 unspecified atom stereocenters. The fraction of sp³-hybridized carbons (Fsp3) is 1.00. The number of nitrogens with one attached hydrogen (secondary N) is 1. The molecule has 3 rings (SSSR count). The standard InChI is InChI=1S/C17H32N2/c1-13(2)17-11-18-16(15-7-8-15)12-19(17)10-9-14-5-3-4-6-14/h13-18H,3-12H2,1-2H3. The van der Waals surface area contributed by atoms with Gasteiger partial charge in [0.15, 0.2) is 0 Å². The summed E-state index contributed by atoms with van der Waals surface area (Å²) in [4.78, 5) is 2.84. The molecule has 3 fully saturated rings. The Morgan fingerprint density at radius 1 is 1.11 bits per heavy atom. The highest BCUT2D eigenvalue weighted by Gasteiger charge is 2.37. The minimum Gasteiger partial charge on any atom is -0.311 e. The molecule has 1 N–H and O–H groups in total. The third kappa shape index (κ3) is 3.52. The monoisotopic (exact) mass is 264 g/mol. The molecular weight excluding hydrogens is 232 g/mol. The molecule has 2 atom stereocenters. The quantitative estimate of drug-likeness (QED) is 0.820. The van der Waals surface area contributed by atoms with Crippen LogP contribution in [0.5, 0.6) is 0 Å². The molecule has 0 aromatic carbocycles. The molecule has 2 nitrogen and oxygen atoms in total. The van der Waals surface area contributed by atoms with E-state index < -0.39 is 0 Å². The van der Waals surface area contributed by atoms with Crippen molar-refractivity contribution in [2.75, 3.05) is 19.6 Å². The number of nitrogens with zero attached hydrogens (tertiary/aromatic N) is 1. The molecular formula is C17H32N2. The van der Waals surface area contributed by atoms with E-state index in [0.29, 0.717) is 0 Å². The van der Waals surface area contributed by atoms with Crippen molar-refractivity contribution in [1.82, 2.24) is 10.2 Å². The van der Waals surface area contributed by atoms with Gasteiger partial charge < -0.3 is 5.32 Å². The smallest absolute Gasteiger partial charge is 0.0244 e. The minimum absolute atomic E-state index is 0.774. The molecule has 1 saturated heterocycles. The first kappa shape index (κ1) is 13.9. The largest absolute Gasteiger partial charge is 0.311 e. The minimum atomic E-state index is 0.774. The van der Waals surface area contributed by atoms with E-state index in [9.17, 15) is 0 Å². The number of rotatable bonds is 5. The predicted molar refractivity (Wildman–Crippen MR) is 81.3 cm³/mol. The maximum absolute atomic E-state index is 3.83. The van der Waals surface area contributed by atoms with Crippen molar-refractivity contribution in [3.05, 3.63) is 0 Å². The van der Waals surface area contributed by atoms with E-state index in [1.54, 1.807) is 0 Å². The molecule has 110 valence electrons. The van der Waals surface area contributed by atoms with Crippen LogP contribution in [0.3, 0.4) is 0 Å². The highest BCUT2D eigenvalue weighted by molar-refractivity contribution is 4.95. The van der Waals surface area contributed by atoms with Gasteiger partial charge in [-0.15, -0.1) is 0 Å². The van der Waals surface area contributed by atoms with Crippen LogP contribution in [0.25, 0.3) is 0 Å². The molecule has 0 amide bonds. The predicted octanol–water partition coefficient (Wildman–Crippen LogP) is 3.28. The molecule has 0 bridgehead atoms. The first-order valence-electron chi connectivity index (χ1n) is 8.71. The second-order valence-electron chi connectivity index (χ2n) is 7.60. The van der Waals surface area contributed by atoms with E-state index in [1.165, 1.54) is 64.6 Å². The van der Waals surface area contributed by atoms with Crippen molar-refractivity contribution in [2.45, 2.75) is 70.9 Å². The number of piperazine rings is 1. The Hall–Kier alpha value is -0.0800. The molecule has 1 heterocycles. The van der Waals surface area contributed by atoms with Crippen LogP contribution in [0.4, 0.5) is 0 Å². The van der Waals surface area contributed by atoms with Gasteiger partial charge in [-0.3, -0.25) is 4.90 Å². The lowest BCUT2D eigenvalue weighted by Crippen LogP contribution is -2.59. The molecule has 2 saturated carbocycles. The Bertz CT molecular complexity index is 279. The van der Waals surface area contributed by atoms with E-state index >= 15 is 0 Å². The van der Waals surface area contributed by atoms with Crippen LogP contribution in [0.1, 0.15) is 58.8 Å². The van der Waals surface area contributed by atoms with Crippen LogP contribution in [-0.2, 0) is 0 Å². The topological polar surface area (TPSA) is 15.3 Å². The van der Waals surface area contributed by atoms with E-state index in [1.807, 2.05) is 0 Å². The third-order valence-corrected chi connectivity index (χ3v) is 5.75. The van der Waals surface area contributed by atoms with E-state index in [0.717, 1.165) is 29.8 Å². The van der Waals surface area contributed by atoms with Gasteiger partial charge in [-0.1, -0.05) is 39.5 Å². The van der Waals surface area contributed by atoms with Gasteiger partial charge in [0, 0.05) is 25.2 Å². The highest BCUT2D eigenvalue weighted by atomic mass is 15.2. The Morgan fingerprint density at radius 3 is 2.47 bits per heavy atom. The Labute approximate surface area is 119 Å². The van der Waals surface area contributed by atoms with Crippen molar-refractivity contribution in [3.63, 3.8) is 0 Å². The summed E-state index contributed by atoms with van der Waals surface area (Å²) >= 11 is 0. The van der Waals surface area contributed by atoms with Crippen LogP contribution in [0, 0.1) is 17.8 Å². The van der Waals surface area contributed by atoms with Gasteiger partial charge >= 0.3 is 0 Å². The Balaban J connectivity index is 1.53. The summed E-state index contributed by atoms with van der Waals surface area (Å²) in [6.07, 6.45) is 10.4. The van der Waals surface area contributed by atoms with Gasteiger partial charge in [0.05, 0.1) is 0 Å². The lowest BCUT2D eigenvalue weighted by molar-refractivity contribution is 0.0863. The van der Waals surface area contributed by atoms with Crippen LogP contribution < -0.4 is 5.32 Å². The second-order valence-corrected chi connectivity index (χ2v) is 7.60. The van der Waals surface area contributed by atoms with E-state index in [4.69, 9.17) is 0 Å². The first-order valence-corrected chi connectivity index (χ1v) is 8.71. The lowest BCUT2D eigenvalue weighted by Gasteiger charge is -2.43. The van der Waals surface area contributed by atoms with Gasteiger partial charge in [-0.05, 0) is 43.6 Å². The van der Waals surface area contributed by atoms with Crippen molar-refractivity contribution in [3.8, 4) is 0 Å². The molecule has 1 aliphatic heterocycles. The number of hydrogen-bond acceptors (Lipinski definition) is 2. The average molecular weight is 264 g/mol. The summed E-state index contributed by atoms with van der Waals surface area (Å²) in [6.45, 7) is 8.70. The fourth-order valence-corrected chi connectivity index (χ4v) is 4.23. The van der Waals surface area contributed by atoms with E-state index in [-0.39, 0.29) is 0 Å². The molecule has 0 radical (unpaired) electrons. The van der Waals surface area contributed by atoms with Crippen molar-refractivity contribution < 1.29 is 0 Å². The van der Waals surface area contributed by atoms with Crippen molar-refractivity contribution in [2.24, 2.45) is 17.8 Å². The van der Waals surface area contributed by atoms with E-state index in [2.05, 4.69) is 24.1 Å². The first-order chi connectivity index (χ1) is 9.24. The normalized spacial score (nSPS) is 34.3.